The van der Waals surface area contributed by atoms with Crippen molar-refractivity contribution in [1.29, 1.82) is 0 Å². The molecule has 0 radical (unpaired) electrons. The summed E-state index contributed by atoms with van der Waals surface area (Å²) in [5.74, 6) is 0.225. The summed E-state index contributed by atoms with van der Waals surface area (Å²) in [4.78, 5) is 12.7. The summed E-state index contributed by atoms with van der Waals surface area (Å²) in [6, 6.07) is 20.3. The Morgan fingerprint density at radius 3 is 2.26 bits per heavy atom. The molecule has 3 nitrogen and oxygen atoms in total. The van der Waals surface area contributed by atoms with Gasteiger partial charge in [0.15, 0.2) is 0 Å². The summed E-state index contributed by atoms with van der Waals surface area (Å²) >= 11 is 12.8. The standard InChI is InChI=1S/C21H15Br2ClO3/c22-15-6-8-19(26-11-10-14-4-2-1-3-5-14)17(12-15)21(25)27-20-9-7-16(23)13-18(20)24/h1-9,12-13H,10-11H2. The second-order valence-electron chi connectivity index (χ2n) is 5.69. The molecule has 138 valence electrons. The van der Waals surface area contributed by atoms with Gasteiger partial charge in [0.1, 0.15) is 17.1 Å². The van der Waals surface area contributed by atoms with Gasteiger partial charge in [-0.05, 0) is 42.0 Å². The second kappa shape index (κ2) is 9.40. The molecule has 0 heterocycles. The van der Waals surface area contributed by atoms with Crippen LogP contribution in [0, 0.1) is 0 Å². The van der Waals surface area contributed by atoms with E-state index in [0.717, 1.165) is 15.4 Å². The third-order valence-corrected chi connectivity index (χ3v) is 5.03. The number of carbonyl (C=O) groups is 1. The van der Waals surface area contributed by atoms with Gasteiger partial charge < -0.3 is 9.47 Å². The van der Waals surface area contributed by atoms with Gasteiger partial charge in [0.25, 0.3) is 0 Å². The molecule has 0 amide bonds. The summed E-state index contributed by atoms with van der Waals surface area (Å²) < 4.78 is 12.9. The first-order valence-electron chi connectivity index (χ1n) is 8.16. The van der Waals surface area contributed by atoms with Crippen molar-refractivity contribution in [3.05, 3.63) is 91.8 Å². The van der Waals surface area contributed by atoms with E-state index in [4.69, 9.17) is 21.1 Å². The van der Waals surface area contributed by atoms with E-state index in [1.165, 1.54) is 5.56 Å². The molecule has 3 rings (SSSR count). The van der Waals surface area contributed by atoms with Gasteiger partial charge in [0, 0.05) is 15.4 Å². The van der Waals surface area contributed by atoms with Crippen LogP contribution in [0.15, 0.2) is 75.7 Å². The SMILES string of the molecule is O=C(Oc1ccc(Br)cc1Cl)c1cc(Br)ccc1OCCc1ccccc1. The van der Waals surface area contributed by atoms with Crippen LogP contribution in [0.2, 0.25) is 5.02 Å². The van der Waals surface area contributed by atoms with E-state index < -0.39 is 5.97 Å². The predicted molar refractivity (Wildman–Crippen MR) is 114 cm³/mol. The van der Waals surface area contributed by atoms with Crippen molar-refractivity contribution in [3.8, 4) is 11.5 Å². The van der Waals surface area contributed by atoms with E-state index in [1.807, 2.05) is 36.4 Å². The van der Waals surface area contributed by atoms with Crippen LogP contribution in [0.1, 0.15) is 15.9 Å². The second-order valence-corrected chi connectivity index (χ2v) is 7.93. The Bertz CT molecular complexity index is 945. The van der Waals surface area contributed by atoms with Gasteiger partial charge in [-0.2, -0.15) is 0 Å². The monoisotopic (exact) mass is 508 g/mol. The molecule has 3 aromatic carbocycles. The average Bonchev–Trinajstić information content (AvgIpc) is 2.66. The maximum Gasteiger partial charge on any atom is 0.347 e. The van der Waals surface area contributed by atoms with E-state index >= 15 is 0 Å². The maximum absolute atomic E-state index is 12.7. The predicted octanol–water partition coefficient (Wildman–Crippen LogP) is 6.71. The third kappa shape index (κ3) is 5.58. The Hall–Kier alpha value is -1.82. The smallest absolute Gasteiger partial charge is 0.347 e. The molecule has 0 aliphatic carbocycles. The van der Waals surface area contributed by atoms with Crippen molar-refractivity contribution in [2.45, 2.75) is 6.42 Å². The van der Waals surface area contributed by atoms with Crippen LogP contribution in [-0.4, -0.2) is 12.6 Å². The first kappa shape index (κ1) is 19.9. The summed E-state index contributed by atoms with van der Waals surface area (Å²) in [5.41, 5.74) is 1.50. The van der Waals surface area contributed by atoms with Gasteiger partial charge in [0.05, 0.1) is 11.6 Å². The molecular weight excluding hydrogens is 495 g/mol. The van der Waals surface area contributed by atoms with Crippen molar-refractivity contribution < 1.29 is 14.3 Å². The average molecular weight is 511 g/mol. The first-order valence-corrected chi connectivity index (χ1v) is 10.1. The van der Waals surface area contributed by atoms with Crippen molar-refractivity contribution >= 4 is 49.4 Å². The topological polar surface area (TPSA) is 35.5 Å². The zero-order chi connectivity index (χ0) is 19.2. The number of benzene rings is 3. The molecule has 6 heteroatoms. The number of carbonyl (C=O) groups excluding carboxylic acids is 1. The summed E-state index contributed by atoms with van der Waals surface area (Å²) in [6.07, 6.45) is 0.740. The highest BCUT2D eigenvalue weighted by Gasteiger charge is 2.17. The number of ether oxygens (including phenoxy) is 2. The fourth-order valence-corrected chi connectivity index (χ4v) is 3.50. The van der Waals surface area contributed by atoms with Crippen molar-refractivity contribution in [2.75, 3.05) is 6.61 Å². The molecular formula is C21H15Br2ClO3. The van der Waals surface area contributed by atoms with E-state index in [0.29, 0.717) is 28.7 Å². The van der Waals surface area contributed by atoms with Crippen LogP contribution in [0.4, 0.5) is 0 Å². The Morgan fingerprint density at radius 2 is 1.56 bits per heavy atom. The quantitative estimate of drug-likeness (QED) is 0.273. The summed E-state index contributed by atoms with van der Waals surface area (Å²) in [5, 5.41) is 0.347. The normalized spacial score (nSPS) is 10.5. The molecule has 0 aliphatic heterocycles. The summed E-state index contributed by atoms with van der Waals surface area (Å²) in [7, 11) is 0. The largest absolute Gasteiger partial charge is 0.492 e. The fourth-order valence-electron chi connectivity index (χ4n) is 2.42. The molecule has 0 saturated heterocycles. The molecule has 0 aromatic heterocycles. The molecule has 27 heavy (non-hydrogen) atoms. The van der Waals surface area contributed by atoms with Gasteiger partial charge in [-0.15, -0.1) is 0 Å². The molecule has 0 atom stereocenters. The Labute approximate surface area is 179 Å². The van der Waals surface area contributed by atoms with Crippen LogP contribution < -0.4 is 9.47 Å². The highest BCUT2D eigenvalue weighted by Crippen LogP contribution is 2.30. The van der Waals surface area contributed by atoms with Crippen LogP contribution in [0.3, 0.4) is 0 Å². The zero-order valence-electron chi connectivity index (χ0n) is 14.1. The lowest BCUT2D eigenvalue weighted by Gasteiger charge is -2.12. The lowest BCUT2D eigenvalue weighted by atomic mass is 10.1. The minimum absolute atomic E-state index is 0.292. The van der Waals surface area contributed by atoms with Crippen LogP contribution in [0.5, 0.6) is 11.5 Å². The van der Waals surface area contributed by atoms with Gasteiger partial charge in [-0.25, -0.2) is 4.79 Å². The number of hydrogen-bond donors (Lipinski definition) is 0. The lowest BCUT2D eigenvalue weighted by Crippen LogP contribution is -2.12. The van der Waals surface area contributed by atoms with E-state index in [-0.39, 0.29) is 0 Å². The number of rotatable bonds is 6. The van der Waals surface area contributed by atoms with Gasteiger partial charge in [0.2, 0.25) is 0 Å². The van der Waals surface area contributed by atoms with E-state index in [1.54, 1.807) is 30.3 Å². The fraction of sp³-hybridized carbons (Fsp3) is 0.0952. The Kier molecular flexibility index (Phi) is 6.94. The van der Waals surface area contributed by atoms with Crippen molar-refractivity contribution in [2.24, 2.45) is 0 Å². The highest BCUT2D eigenvalue weighted by molar-refractivity contribution is 9.10. The molecule has 0 N–H and O–H groups in total. The molecule has 0 fully saturated rings. The molecule has 0 bridgehead atoms. The Balaban J connectivity index is 1.73. The van der Waals surface area contributed by atoms with Crippen molar-refractivity contribution in [3.63, 3.8) is 0 Å². The molecule has 0 saturated carbocycles. The Morgan fingerprint density at radius 1 is 0.889 bits per heavy atom. The minimum Gasteiger partial charge on any atom is -0.492 e. The van der Waals surface area contributed by atoms with Gasteiger partial charge in [-0.1, -0.05) is 73.8 Å². The van der Waals surface area contributed by atoms with E-state index in [9.17, 15) is 4.79 Å². The highest BCUT2D eigenvalue weighted by atomic mass is 79.9. The molecule has 0 aliphatic rings. The number of halogens is 3. The van der Waals surface area contributed by atoms with Crippen LogP contribution in [0.25, 0.3) is 0 Å². The maximum atomic E-state index is 12.7. The lowest BCUT2D eigenvalue weighted by molar-refractivity contribution is 0.0730. The van der Waals surface area contributed by atoms with Crippen LogP contribution >= 0.6 is 43.5 Å². The van der Waals surface area contributed by atoms with Gasteiger partial charge >= 0.3 is 5.97 Å². The zero-order valence-corrected chi connectivity index (χ0v) is 18.1. The molecule has 0 spiro atoms. The van der Waals surface area contributed by atoms with Crippen LogP contribution in [-0.2, 0) is 6.42 Å². The number of esters is 1. The van der Waals surface area contributed by atoms with E-state index in [2.05, 4.69) is 31.9 Å². The molecule has 0 unspecified atom stereocenters. The van der Waals surface area contributed by atoms with Gasteiger partial charge in [-0.3, -0.25) is 0 Å². The summed E-state index contributed by atoms with van der Waals surface area (Å²) in [6.45, 7) is 0.449. The van der Waals surface area contributed by atoms with Crippen molar-refractivity contribution in [1.82, 2.24) is 0 Å². The number of hydrogen-bond acceptors (Lipinski definition) is 3. The molecule has 3 aromatic rings. The first-order chi connectivity index (χ1) is 13.0. The minimum atomic E-state index is -0.532. The third-order valence-electron chi connectivity index (χ3n) is 3.75.